The van der Waals surface area contributed by atoms with Gasteiger partial charge in [0.25, 0.3) is 0 Å². The Kier molecular flexibility index (Phi) is 8.26. The van der Waals surface area contributed by atoms with Crippen LogP contribution in [0.1, 0.15) is 59.3 Å². The van der Waals surface area contributed by atoms with Crippen molar-refractivity contribution >= 4 is 5.97 Å². The van der Waals surface area contributed by atoms with E-state index in [4.69, 9.17) is 10.5 Å². The maximum absolute atomic E-state index is 11.4. The maximum atomic E-state index is 11.4. The van der Waals surface area contributed by atoms with Gasteiger partial charge < -0.3 is 10.5 Å². The van der Waals surface area contributed by atoms with Gasteiger partial charge in [-0.2, -0.15) is 0 Å². The molecular formula is C13H27NO2. The summed E-state index contributed by atoms with van der Waals surface area (Å²) in [6, 6.07) is 0. The largest absolute Gasteiger partial charge is 0.466 e. The number of hydrogen-bond donors (Lipinski definition) is 1. The Bertz CT molecular complexity index is 186. The van der Waals surface area contributed by atoms with Crippen LogP contribution < -0.4 is 5.73 Å². The predicted molar refractivity (Wildman–Crippen MR) is 67.2 cm³/mol. The molecule has 96 valence electrons. The minimum absolute atomic E-state index is 0.0461. The molecule has 1 saturated carbocycles. The maximum Gasteiger partial charge on any atom is 0.306 e. The molecule has 0 radical (unpaired) electrons. The number of ether oxygens (including phenoxy) is 1. The van der Waals surface area contributed by atoms with Crippen LogP contribution in [0.15, 0.2) is 0 Å². The van der Waals surface area contributed by atoms with E-state index in [1.165, 1.54) is 19.3 Å². The number of carbonyl (C=O) groups excluding carboxylic acids is 1. The highest BCUT2D eigenvalue weighted by Crippen LogP contribution is 2.38. The molecule has 0 aromatic rings. The highest BCUT2D eigenvalue weighted by atomic mass is 16.5. The lowest BCUT2D eigenvalue weighted by Crippen LogP contribution is -2.35. The van der Waals surface area contributed by atoms with Crippen molar-refractivity contribution in [2.24, 2.45) is 11.1 Å². The van der Waals surface area contributed by atoms with Gasteiger partial charge in [-0.05, 0) is 31.7 Å². The van der Waals surface area contributed by atoms with E-state index in [0.29, 0.717) is 19.6 Å². The first-order chi connectivity index (χ1) is 7.72. The average Bonchev–Trinajstić information content (AvgIpc) is 2.33. The standard InChI is InChI=1S/C11H21NO2.C2H6/c1-2-14-10(13)8-11(9-12)6-4-3-5-7-11;1-2/h2-9,12H2,1H3;1-2H3. The highest BCUT2D eigenvalue weighted by molar-refractivity contribution is 5.70. The minimum Gasteiger partial charge on any atom is -0.466 e. The molecule has 3 nitrogen and oxygen atoms in total. The molecule has 0 amide bonds. The van der Waals surface area contributed by atoms with Gasteiger partial charge >= 0.3 is 5.97 Å². The van der Waals surface area contributed by atoms with Crippen molar-refractivity contribution in [3.63, 3.8) is 0 Å². The van der Waals surface area contributed by atoms with Crippen LogP contribution in [0.3, 0.4) is 0 Å². The summed E-state index contributed by atoms with van der Waals surface area (Å²) in [5, 5.41) is 0. The third-order valence-corrected chi connectivity index (χ3v) is 3.17. The van der Waals surface area contributed by atoms with Crippen LogP contribution in [0.25, 0.3) is 0 Å². The summed E-state index contributed by atoms with van der Waals surface area (Å²) in [5.41, 5.74) is 5.82. The summed E-state index contributed by atoms with van der Waals surface area (Å²) in [6.45, 7) is 6.93. The fraction of sp³-hybridized carbons (Fsp3) is 0.923. The Morgan fingerprint density at radius 2 is 1.81 bits per heavy atom. The Balaban J connectivity index is 0.00000106. The van der Waals surface area contributed by atoms with Gasteiger partial charge in [0.1, 0.15) is 0 Å². The summed E-state index contributed by atoms with van der Waals surface area (Å²) in [5.74, 6) is -0.0835. The van der Waals surface area contributed by atoms with Gasteiger partial charge in [0.05, 0.1) is 13.0 Å². The lowest BCUT2D eigenvalue weighted by atomic mass is 9.72. The number of rotatable bonds is 4. The topological polar surface area (TPSA) is 52.3 Å². The summed E-state index contributed by atoms with van der Waals surface area (Å²) in [6.07, 6.45) is 6.37. The second-order valence-corrected chi connectivity index (χ2v) is 4.25. The summed E-state index contributed by atoms with van der Waals surface area (Å²) < 4.78 is 4.98. The van der Waals surface area contributed by atoms with Crippen LogP contribution in [0.2, 0.25) is 0 Å². The Labute approximate surface area is 99.7 Å². The van der Waals surface area contributed by atoms with E-state index in [1.54, 1.807) is 0 Å². The van der Waals surface area contributed by atoms with Crippen molar-refractivity contribution in [2.45, 2.75) is 59.3 Å². The molecule has 0 saturated heterocycles. The molecular weight excluding hydrogens is 202 g/mol. The van der Waals surface area contributed by atoms with Gasteiger partial charge in [0, 0.05) is 0 Å². The molecule has 0 heterocycles. The van der Waals surface area contributed by atoms with Crippen molar-refractivity contribution in [1.82, 2.24) is 0 Å². The summed E-state index contributed by atoms with van der Waals surface area (Å²) in [4.78, 5) is 11.4. The molecule has 1 fully saturated rings. The first kappa shape index (κ1) is 15.4. The van der Waals surface area contributed by atoms with Crippen molar-refractivity contribution < 1.29 is 9.53 Å². The van der Waals surface area contributed by atoms with Crippen molar-refractivity contribution in [3.8, 4) is 0 Å². The summed E-state index contributed by atoms with van der Waals surface area (Å²) >= 11 is 0. The zero-order chi connectivity index (χ0) is 12.4. The van der Waals surface area contributed by atoms with Gasteiger partial charge in [-0.25, -0.2) is 0 Å². The predicted octanol–water partition coefficient (Wildman–Crippen LogP) is 2.88. The van der Waals surface area contributed by atoms with E-state index in [2.05, 4.69) is 0 Å². The van der Waals surface area contributed by atoms with E-state index >= 15 is 0 Å². The van der Waals surface area contributed by atoms with Crippen molar-refractivity contribution in [1.29, 1.82) is 0 Å². The van der Waals surface area contributed by atoms with Gasteiger partial charge in [-0.3, -0.25) is 4.79 Å². The Hall–Kier alpha value is -0.570. The normalized spacial score (nSPS) is 18.2. The molecule has 1 aliphatic rings. The van der Waals surface area contributed by atoms with Crippen LogP contribution >= 0.6 is 0 Å². The van der Waals surface area contributed by atoms with Crippen LogP contribution in [-0.4, -0.2) is 19.1 Å². The monoisotopic (exact) mass is 229 g/mol. The molecule has 0 spiro atoms. The number of esters is 1. The highest BCUT2D eigenvalue weighted by Gasteiger charge is 2.33. The van der Waals surface area contributed by atoms with Crippen molar-refractivity contribution in [2.75, 3.05) is 13.2 Å². The van der Waals surface area contributed by atoms with E-state index in [-0.39, 0.29) is 11.4 Å². The molecule has 0 bridgehead atoms. The first-order valence-corrected chi connectivity index (χ1v) is 6.58. The molecule has 0 unspecified atom stereocenters. The second kappa shape index (κ2) is 8.57. The molecule has 1 rings (SSSR count). The fourth-order valence-corrected chi connectivity index (χ4v) is 2.27. The smallest absolute Gasteiger partial charge is 0.306 e. The number of hydrogen-bond acceptors (Lipinski definition) is 3. The van der Waals surface area contributed by atoms with Gasteiger partial charge in [0.15, 0.2) is 0 Å². The van der Waals surface area contributed by atoms with E-state index in [9.17, 15) is 4.79 Å². The zero-order valence-corrected chi connectivity index (χ0v) is 11.1. The molecule has 0 atom stereocenters. The molecule has 1 aliphatic carbocycles. The third-order valence-electron chi connectivity index (χ3n) is 3.17. The van der Waals surface area contributed by atoms with E-state index in [0.717, 1.165) is 12.8 Å². The van der Waals surface area contributed by atoms with Crippen LogP contribution in [0.4, 0.5) is 0 Å². The fourth-order valence-electron chi connectivity index (χ4n) is 2.27. The Morgan fingerprint density at radius 1 is 1.25 bits per heavy atom. The lowest BCUT2D eigenvalue weighted by Gasteiger charge is -2.35. The second-order valence-electron chi connectivity index (χ2n) is 4.25. The van der Waals surface area contributed by atoms with Crippen LogP contribution in [0, 0.1) is 5.41 Å². The molecule has 16 heavy (non-hydrogen) atoms. The number of nitrogens with two attached hydrogens (primary N) is 1. The summed E-state index contributed by atoms with van der Waals surface area (Å²) in [7, 11) is 0. The van der Waals surface area contributed by atoms with E-state index in [1.807, 2.05) is 20.8 Å². The molecule has 0 aliphatic heterocycles. The SMILES string of the molecule is CC.CCOC(=O)CC1(CN)CCCCC1. The first-order valence-electron chi connectivity index (χ1n) is 6.58. The average molecular weight is 229 g/mol. The Morgan fingerprint density at radius 3 is 2.25 bits per heavy atom. The minimum atomic E-state index is -0.0835. The van der Waals surface area contributed by atoms with Crippen LogP contribution in [-0.2, 0) is 9.53 Å². The molecule has 0 aromatic carbocycles. The van der Waals surface area contributed by atoms with Crippen molar-refractivity contribution in [3.05, 3.63) is 0 Å². The van der Waals surface area contributed by atoms with Gasteiger partial charge in [0.2, 0.25) is 0 Å². The number of carbonyl (C=O) groups is 1. The van der Waals surface area contributed by atoms with Crippen LogP contribution in [0.5, 0.6) is 0 Å². The molecule has 2 N–H and O–H groups in total. The molecule has 0 aromatic heterocycles. The molecule has 3 heteroatoms. The van der Waals surface area contributed by atoms with E-state index < -0.39 is 0 Å². The quantitative estimate of drug-likeness (QED) is 0.754. The zero-order valence-electron chi connectivity index (χ0n) is 11.1. The van der Waals surface area contributed by atoms with Gasteiger partial charge in [-0.15, -0.1) is 0 Å². The third kappa shape index (κ3) is 4.97. The lowest BCUT2D eigenvalue weighted by molar-refractivity contribution is -0.146. The van der Waals surface area contributed by atoms with Gasteiger partial charge in [-0.1, -0.05) is 33.1 Å².